The van der Waals surface area contributed by atoms with E-state index in [4.69, 9.17) is 33.7 Å². The number of fused-ring (bicyclic) bond motifs is 2. The zero-order chi connectivity index (χ0) is 30.2. The van der Waals surface area contributed by atoms with Gasteiger partial charge >= 0.3 is 12.1 Å². The lowest BCUT2D eigenvalue weighted by Gasteiger charge is -2.26. The Morgan fingerprint density at radius 2 is 1.73 bits per heavy atom. The van der Waals surface area contributed by atoms with Gasteiger partial charge in [-0.05, 0) is 39.0 Å². The first-order valence-electron chi connectivity index (χ1n) is 12.6. The summed E-state index contributed by atoms with van der Waals surface area (Å²) in [6, 6.07) is 8.88. The second kappa shape index (κ2) is 11.7. The van der Waals surface area contributed by atoms with Crippen LogP contribution >= 0.6 is 23.2 Å². The SMILES string of the molecule is CCN(CC)C(=O)C(OC(=O)C(F)(F)F)n1cc(-c2nc3cc(Cl)c(Cl)cc3n(C(C)CN)c2=O)c2ccccc21. The number of likely N-dealkylation sites (N-methyl/N-ethyl adjacent to an activating group) is 1. The Kier molecular flexibility index (Phi) is 8.67. The van der Waals surface area contributed by atoms with Crippen LogP contribution in [0.2, 0.25) is 10.0 Å². The van der Waals surface area contributed by atoms with Gasteiger partial charge in [-0.1, -0.05) is 41.4 Å². The zero-order valence-electron chi connectivity index (χ0n) is 22.2. The van der Waals surface area contributed by atoms with E-state index < -0.39 is 35.9 Å². The van der Waals surface area contributed by atoms with Crippen LogP contribution in [0.5, 0.6) is 0 Å². The highest BCUT2D eigenvalue weighted by Crippen LogP contribution is 2.34. The molecule has 2 aromatic carbocycles. The lowest BCUT2D eigenvalue weighted by atomic mass is 10.1. The predicted octanol–water partition coefficient (Wildman–Crippen LogP) is 5.32. The van der Waals surface area contributed by atoms with Crippen LogP contribution in [0.1, 0.15) is 33.0 Å². The van der Waals surface area contributed by atoms with Gasteiger partial charge in [0, 0.05) is 42.8 Å². The highest BCUT2D eigenvalue weighted by atomic mass is 35.5. The Hall–Kier alpha value is -3.61. The van der Waals surface area contributed by atoms with Crippen LogP contribution in [-0.4, -0.2) is 56.7 Å². The van der Waals surface area contributed by atoms with E-state index in [0.29, 0.717) is 16.4 Å². The molecule has 0 saturated heterocycles. The summed E-state index contributed by atoms with van der Waals surface area (Å²) in [6.45, 7) is 5.40. The van der Waals surface area contributed by atoms with Gasteiger partial charge in [-0.15, -0.1) is 0 Å². The molecule has 4 rings (SSSR count). The molecule has 218 valence electrons. The van der Waals surface area contributed by atoms with Crippen molar-refractivity contribution in [1.82, 2.24) is 19.0 Å². The van der Waals surface area contributed by atoms with E-state index >= 15 is 0 Å². The number of nitrogens with two attached hydrogens (primary N) is 1. The number of hydrogen-bond donors (Lipinski definition) is 1. The third kappa shape index (κ3) is 5.64. The number of esters is 1. The van der Waals surface area contributed by atoms with E-state index in [-0.39, 0.29) is 46.5 Å². The summed E-state index contributed by atoms with van der Waals surface area (Å²) in [4.78, 5) is 45.0. The minimum Gasteiger partial charge on any atom is -0.425 e. The second-order valence-electron chi connectivity index (χ2n) is 9.21. The molecule has 0 fully saturated rings. The number of ether oxygens (including phenoxy) is 1. The summed E-state index contributed by atoms with van der Waals surface area (Å²) in [5.74, 6) is -3.40. The lowest BCUT2D eigenvalue weighted by molar-refractivity contribution is -0.210. The highest BCUT2D eigenvalue weighted by molar-refractivity contribution is 6.42. The van der Waals surface area contributed by atoms with Crippen molar-refractivity contribution in [3.05, 3.63) is 63.0 Å². The van der Waals surface area contributed by atoms with Gasteiger partial charge < -0.3 is 24.5 Å². The third-order valence-electron chi connectivity index (χ3n) is 6.70. The van der Waals surface area contributed by atoms with Crippen molar-refractivity contribution in [2.24, 2.45) is 5.73 Å². The molecule has 41 heavy (non-hydrogen) atoms. The summed E-state index contributed by atoms with van der Waals surface area (Å²) in [5.41, 5.74) is 6.37. The van der Waals surface area contributed by atoms with Crippen LogP contribution in [0.4, 0.5) is 13.2 Å². The van der Waals surface area contributed by atoms with Gasteiger partial charge in [0.2, 0.25) is 0 Å². The summed E-state index contributed by atoms with van der Waals surface area (Å²) in [6.07, 6.45) is -6.08. The molecule has 14 heteroatoms. The molecule has 2 N–H and O–H groups in total. The van der Waals surface area contributed by atoms with Crippen LogP contribution in [0.3, 0.4) is 0 Å². The van der Waals surface area contributed by atoms with Crippen molar-refractivity contribution < 1.29 is 27.5 Å². The maximum atomic E-state index is 13.9. The number of hydrogen-bond acceptors (Lipinski definition) is 6. The van der Waals surface area contributed by atoms with Gasteiger partial charge in [-0.3, -0.25) is 9.59 Å². The Bertz CT molecular complexity index is 1700. The summed E-state index contributed by atoms with van der Waals surface area (Å²) in [7, 11) is 0. The molecular weight excluding hydrogens is 586 g/mol. The third-order valence-corrected chi connectivity index (χ3v) is 7.42. The Morgan fingerprint density at radius 1 is 1.10 bits per heavy atom. The fourth-order valence-corrected chi connectivity index (χ4v) is 4.91. The first-order valence-corrected chi connectivity index (χ1v) is 13.4. The number of carbonyl (C=O) groups is 2. The Labute approximate surface area is 242 Å². The zero-order valence-corrected chi connectivity index (χ0v) is 23.7. The van der Waals surface area contributed by atoms with Crippen LogP contribution < -0.4 is 11.3 Å². The first-order chi connectivity index (χ1) is 19.3. The number of alkyl halides is 3. The standard InChI is InChI=1S/C27H26Cl2F3N5O4/c1-4-35(5-2)24(39)25(41-26(40)27(30,31)32)36-13-16(15-8-6-7-9-20(15)36)22-23(38)37(14(3)12-33)21-11-18(29)17(28)10-19(21)34-22/h6-11,13-14,25H,4-5,12,33H2,1-3H3. The number of aromatic nitrogens is 3. The lowest BCUT2D eigenvalue weighted by Crippen LogP contribution is -2.41. The average molecular weight is 612 g/mol. The Morgan fingerprint density at radius 3 is 2.34 bits per heavy atom. The highest BCUT2D eigenvalue weighted by Gasteiger charge is 2.44. The molecule has 0 aliphatic heterocycles. The Balaban J connectivity index is 2.04. The minimum absolute atomic E-state index is 0.0812. The number of amides is 1. The van der Waals surface area contributed by atoms with Crippen molar-refractivity contribution in [2.75, 3.05) is 19.6 Å². The van der Waals surface area contributed by atoms with Gasteiger partial charge in [-0.25, -0.2) is 9.78 Å². The van der Waals surface area contributed by atoms with Crippen molar-refractivity contribution in [1.29, 1.82) is 0 Å². The number of benzene rings is 2. The topological polar surface area (TPSA) is 112 Å². The molecule has 2 aromatic heterocycles. The van der Waals surface area contributed by atoms with E-state index in [9.17, 15) is 27.6 Å². The van der Waals surface area contributed by atoms with E-state index in [2.05, 4.69) is 4.98 Å². The van der Waals surface area contributed by atoms with Crippen molar-refractivity contribution in [3.63, 3.8) is 0 Å². The molecule has 2 atom stereocenters. The number of carbonyl (C=O) groups excluding carboxylic acids is 2. The summed E-state index contributed by atoms with van der Waals surface area (Å²) >= 11 is 12.5. The molecule has 0 radical (unpaired) electrons. The van der Waals surface area contributed by atoms with E-state index in [0.717, 1.165) is 4.57 Å². The average Bonchev–Trinajstić information content (AvgIpc) is 3.31. The van der Waals surface area contributed by atoms with E-state index in [1.54, 1.807) is 39.0 Å². The molecule has 2 heterocycles. The quantitative estimate of drug-likeness (QED) is 0.270. The van der Waals surface area contributed by atoms with Crippen LogP contribution in [-0.2, 0) is 14.3 Å². The molecule has 0 bridgehead atoms. The smallest absolute Gasteiger partial charge is 0.425 e. The molecule has 0 saturated carbocycles. The molecule has 1 amide bonds. The molecule has 9 nitrogen and oxygen atoms in total. The number of para-hydroxylation sites is 1. The van der Waals surface area contributed by atoms with E-state index in [1.807, 2.05) is 0 Å². The van der Waals surface area contributed by atoms with Crippen molar-refractivity contribution >= 4 is 57.0 Å². The van der Waals surface area contributed by atoms with Crippen molar-refractivity contribution in [3.8, 4) is 11.3 Å². The number of halogens is 5. The van der Waals surface area contributed by atoms with Crippen LogP contribution in [0.25, 0.3) is 33.2 Å². The first kappa shape index (κ1) is 30.4. The molecule has 0 aliphatic rings. The van der Waals surface area contributed by atoms with Crippen LogP contribution in [0, 0.1) is 0 Å². The normalized spacial score (nSPS) is 13.4. The predicted molar refractivity (Wildman–Crippen MR) is 150 cm³/mol. The second-order valence-corrected chi connectivity index (χ2v) is 10.0. The van der Waals surface area contributed by atoms with E-state index in [1.165, 1.54) is 33.9 Å². The van der Waals surface area contributed by atoms with Gasteiger partial charge in [-0.2, -0.15) is 13.2 Å². The number of nitrogens with zero attached hydrogens (tertiary/aromatic N) is 4. The molecular formula is C27H26Cl2F3N5O4. The molecule has 4 aromatic rings. The fraction of sp³-hybridized carbons (Fsp3) is 0.333. The molecule has 0 spiro atoms. The van der Waals surface area contributed by atoms with Crippen LogP contribution in [0.15, 0.2) is 47.4 Å². The maximum absolute atomic E-state index is 13.9. The summed E-state index contributed by atoms with van der Waals surface area (Å²) in [5, 5.41) is 0.769. The number of rotatable bonds is 8. The molecule has 2 unspecified atom stereocenters. The summed E-state index contributed by atoms with van der Waals surface area (Å²) < 4.78 is 47.1. The molecule has 0 aliphatic carbocycles. The van der Waals surface area contributed by atoms with Gasteiger partial charge in [0.1, 0.15) is 5.69 Å². The van der Waals surface area contributed by atoms with Gasteiger partial charge in [0.05, 0.1) is 26.6 Å². The largest absolute Gasteiger partial charge is 0.491 e. The maximum Gasteiger partial charge on any atom is 0.491 e. The monoisotopic (exact) mass is 611 g/mol. The van der Waals surface area contributed by atoms with Crippen molar-refractivity contribution in [2.45, 2.75) is 39.2 Å². The van der Waals surface area contributed by atoms with Gasteiger partial charge in [0.15, 0.2) is 0 Å². The van der Waals surface area contributed by atoms with Gasteiger partial charge in [0.25, 0.3) is 17.7 Å². The fourth-order valence-electron chi connectivity index (χ4n) is 4.59. The minimum atomic E-state index is -5.35.